The van der Waals surface area contributed by atoms with Crippen LogP contribution in [0.2, 0.25) is 0 Å². The molecule has 1 unspecified atom stereocenters. The average Bonchev–Trinajstić information content (AvgIpc) is 2.71. The minimum Gasteiger partial charge on any atom is -0.464 e. The molecule has 0 spiro atoms. The molecular weight excluding hydrogens is 367 g/mol. The molecule has 0 fully saturated rings. The Morgan fingerprint density at radius 2 is 2.30 bits per heavy atom. The fourth-order valence-corrected chi connectivity index (χ4v) is 3.23. The maximum Gasteiger partial charge on any atom is 0.188 e. The van der Waals surface area contributed by atoms with Gasteiger partial charge in [-0.05, 0) is 41.1 Å². The zero-order chi connectivity index (χ0) is 16.4. The van der Waals surface area contributed by atoms with E-state index >= 15 is 0 Å². The van der Waals surface area contributed by atoms with Crippen molar-refractivity contribution in [1.29, 1.82) is 0 Å². The van der Waals surface area contributed by atoms with Gasteiger partial charge in [-0.1, -0.05) is 0 Å². The molecule has 0 N–H and O–H groups in total. The van der Waals surface area contributed by atoms with E-state index in [1.807, 2.05) is 6.92 Å². The maximum atomic E-state index is 13.8. The van der Waals surface area contributed by atoms with Crippen molar-refractivity contribution in [3.63, 3.8) is 0 Å². The van der Waals surface area contributed by atoms with Crippen LogP contribution < -0.4 is 4.74 Å². The van der Waals surface area contributed by atoms with Crippen LogP contribution in [0.1, 0.15) is 12.6 Å². The first-order valence-electron chi connectivity index (χ1n) is 7.38. The molecule has 0 saturated heterocycles. The Labute approximate surface area is 142 Å². The molecule has 0 radical (unpaired) electrons. The molecule has 5 nitrogen and oxygen atoms in total. The van der Waals surface area contributed by atoms with Crippen molar-refractivity contribution >= 4 is 15.9 Å². The van der Waals surface area contributed by atoms with Crippen molar-refractivity contribution in [3.05, 3.63) is 34.3 Å². The summed E-state index contributed by atoms with van der Waals surface area (Å²) in [5, 5.41) is 0. The second kappa shape index (κ2) is 6.98. The standard InChI is InChI=1S/C16H18BrFN2O3/c1-10-8-20-13(5-6-22-10)15(17)19-16(20)11-3-4-12(18)14(7-11)23-9-21-2/h3-4,7,10H,5-6,8-9H2,1-2H3. The maximum absolute atomic E-state index is 13.8. The molecule has 0 amide bonds. The first-order chi connectivity index (χ1) is 11.1. The number of hydrogen-bond donors (Lipinski definition) is 0. The van der Waals surface area contributed by atoms with Gasteiger partial charge in [0.25, 0.3) is 0 Å². The number of aromatic nitrogens is 2. The van der Waals surface area contributed by atoms with Gasteiger partial charge in [-0.15, -0.1) is 0 Å². The van der Waals surface area contributed by atoms with Crippen molar-refractivity contribution in [2.24, 2.45) is 0 Å². The summed E-state index contributed by atoms with van der Waals surface area (Å²) in [4.78, 5) is 4.60. The second-order valence-electron chi connectivity index (χ2n) is 5.41. The molecule has 3 rings (SSSR count). The summed E-state index contributed by atoms with van der Waals surface area (Å²) in [7, 11) is 1.49. The third-order valence-corrected chi connectivity index (χ3v) is 4.36. The molecule has 0 saturated carbocycles. The summed E-state index contributed by atoms with van der Waals surface area (Å²) in [5.41, 5.74) is 1.88. The second-order valence-corrected chi connectivity index (χ2v) is 6.16. The summed E-state index contributed by atoms with van der Waals surface area (Å²) < 4.78 is 32.6. The fourth-order valence-electron chi connectivity index (χ4n) is 2.65. The van der Waals surface area contributed by atoms with E-state index in [0.29, 0.717) is 13.2 Å². The molecule has 1 aromatic carbocycles. The van der Waals surface area contributed by atoms with Gasteiger partial charge < -0.3 is 18.8 Å². The fraction of sp³-hybridized carbons (Fsp3) is 0.438. The van der Waals surface area contributed by atoms with Crippen molar-refractivity contribution in [2.75, 3.05) is 20.5 Å². The SMILES string of the molecule is COCOc1cc(-c2nc(Br)c3n2CC(C)OCC3)ccc1F. The summed E-state index contributed by atoms with van der Waals surface area (Å²) >= 11 is 3.52. The van der Waals surface area contributed by atoms with E-state index in [0.717, 1.165) is 28.1 Å². The van der Waals surface area contributed by atoms with E-state index in [1.165, 1.54) is 13.2 Å². The quantitative estimate of drug-likeness (QED) is 0.757. The van der Waals surface area contributed by atoms with Crippen LogP contribution in [0, 0.1) is 5.82 Å². The molecule has 2 aromatic rings. The van der Waals surface area contributed by atoms with E-state index in [4.69, 9.17) is 14.2 Å². The van der Waals surface area contributed by atoms with Gasteiger partial charge in [0.15, 0.2) is 18.4 Å². The number of benzene rings is 1. The number of methoxy groups -OCH3 is 1. The van der Waals surface area contributed by atoms with E-state index in [1.54, 1.807) is 12.1 Å². The lowest BCUT2D eigenvalue weighted by atomic mass is 10.2. The highest BCUT2D eigenvalue weighted by atomic mass is 79.9. The molecule has 2 heterocycles. The average molecular weight is 385 g/mol. The highest BCUT2D eigenvalue weighted by Crippen LogP contribution is 2.31. The van der Waals surface area contributed by atoms with E-state index in [2.05, 4.69) is 25.5 Å². The van der Waals surface area contributed by atoms with Crippen LogP contribution in [0.15, 0.2) is 22.8 Å². The zero-order valence-corrected chi connectivity index (χ0v) is 14.6. The lowest BCUT2D eigenvalue weighted by molar-refractivity contribution is 0.0483. The van der Waals surface area contributed by atoms with Crippen molar-refractivity contribution in [2.45, 2.75) is 26.0 Å². The van der Waals surface area contributed by atoms with Gasteiger partial charge >= 0.3 is 0 Å². The third-order valence-electron chi connectivity index (χ3n) is 3.73. The van der Waals surface area contributed by atoms with Gasteiger partial charge in [0.2, 0.25) is 0 Å². The summed E-state index contributed by atoms with van der Waals surface area (Å²) in [5.74, 6) is 0.492. The predicted octanol–water partition coefficient (Wildman–Crippen LogP) is 3.40. The minimum absolute atomic E-state index is 0.00533. The normalized spacial score (nSPS) is 17.7. The Hall–Kier alpha value is -1.44. The van der Waals surface area contributed by atoms with Gasteiger partial charge in [0.05, 0.1) is 24.9 Å². The van der Waals surface area contributed by atoms with Crippen molar-refractivity contribution < 1.29 is 18.6 Å². The number of rotatable bonds is 4. The number of ether oxygens (including phenoxy) is 3. The number of halogens is 2. The predicted molar refractivity (Wildman–Crippen MR) is 86.9 cm³/mol. The van der Waals surface area contributed by atoms with E-state index in [9.17, 15) is 4.39 Å². The van der Waals surface area contributed by atoms with E-state index in [-0.39, 0.29) is 18.6 Å². The van der Waals surface area contributed by atoms with Crippen LogP contribution in [-0.4, -0.2) is 36.2 Å². The van der Waals surface area contributed by atoms with Gasteiger partial charge in [-0.25, -0.2) is 9.37 Å². The molecule has 1 atom stereocenters. The third kappa shape index (κ3) is 3.41. The molecule has 0 bridgehead atoms. The molecule has 0 aliphatic carbocycles. The molecule has 23 heavy (non-hydrogen) atoms. The summed E-state index contributed by atoms with van der Waals surface area (Å²) in [6, 6.07) is 4.73. The number of fused-ring (bicyclic) bond motifs is 1. The van der Waals surface area contributed by atoms with Crippen molar-refractivity contribution in [1.82, 2.24) is 9.55 Å². The molecule has 1 aromatic heterocycles. The van der Waals surface area contributed by atoms with Crippen LogP contribution in [0.3, 0.4) is 0 Å². The molecule has 124 valence electrons. The van der Waals surface area contributed by atoms with E-state index < -0.39 is 5.82 Å². The minimum atomic E-state index is -0.427. The van der Waals surface area contributed by atoms with Gasteiger partial charge in [0, 0.05) is 19.1 Å². The molecule has 7 heteroatoms. The Kier molecular flexibility index (Phi) is 4.99. The topological polar surface area (TPSA) is 45.5 Å². The molecular formula is C16H18BrFN2O3. The monoisotopic (exact) mass is 384 g/mol. The van der Waals surface area contributed by atoms with Gasteiger partial charge in [-0.3, -0.25) is 0 Å². The largest absolute Gasteiger partial charge is 0.464 e. The number of hydrogen-bond acceptors (Lipinski definition) is 4. The Morgan fingerprint density at radius 3 is 3.09 bits per heavy atom. The number of imidazole rings is 1. The van der Waals surface area contributed by atoms with Crippen LogP contribution in [0.5, 0.6) is 5.75 Å². The first kappa shape index (κ1) is 16.4. The Bertz CT molecular complexity index is 705. The Balaban J connectivity index is 2.02. The van der Waals surface area contributed by atoms with Crippen LogP contribution in [0.4, 0.5) is 4.39 Å². The summed E-state index contributed by atoms with van der Waals surface area (Å²) in [6.45, 7) is 3.39. The molecule has 1 aliphatic rings. The first-order valence-corrected chi connectivity index (χ1v) is 8.17. The van der Waals surface area contributed by atoms with Crippen LogP contribution >= 0.6 is 15.9 Å². The number of nitrogens with zero attached hydrogens (tertiary/aromatic N) is 2. The Morgan fingerprint density at radius 1 is 1.48 bits per heavy atom. The zero-order valence-electron chi connectivity index (χ0n) is 13.0. The molecule has 1 aliphatic heterocycles. The summed E-state index contributed by atoms with van der Waals surface area (Å²) in [6.07, 6.45) is 0.882. The van der Waals surface area contributed by atoms with Crippen LogP contribution in [0.25, 0.3) is 11.4 Å². The van der Waals surface area contributed by atoms with Gasteiger partial charge in [0.1, 0.15) is 10.4 Å². The lowest BCUT2D eigenvalue weighted by Gasteiger charge is -2.13. The smallest absolute Gasteiger partial charge is 0.188 e. The van der Waals surface area contributed by atoms with Crippen molar-refractivity contribution in [3.8, 4) is 17.1 Å². The van der Waals surface area contributed by atoms with Gasteiger partial charge in [-0.2, -0.15) is 0 Å². The highest BCUT2D eigenvalue weighted by molar-refractivity contribution is 9.10. The van der Waals surface area contributed by atoms with Crippen LogP contribution in [-0.2, 0) is 22.4 Å². The highest BCUT2D eigenvalue weighted by Gasteiger charge is 2.22. The lowest BCUT2D eigenvalue weighted by Crippen LogP contribution is -2.15.